The molecule has 0 spiro atoms. The van der Waals surface area contributed by atoms with Gasteiger partial charge in [0.25, 0.3) is 0 Å². The number of urea groups is 1. The lowest BCUT2D eigenvalue weighted by Gasteiger charge is -2.28. The lowest BCUT2D eigenvalue weighted by Crippen LogP contribution is -2.52. The zero-order valence-electron chi connectivity index (χ0n) is 21.1. The monoisotopic (exact) mass is 508 g/mol. The lowest BCUT2D eigenvalue weighted by molar-refractivity contribution is -0.144. The fourth-order valence-corrected chi connectivity index (χ4v) is 3.97. The molecule has 3 aromatic carbocycles. The fourth-order valence-electron chi connectivity index (χ4n) is 3.97. The Morgan fingerprint density at radius 2 is 1.57 bits per heavy atom. The number of aliphatic hydroxyl groups excluding tert-OH is 1. The predicted molar refractivity (Wildman–Crippen MR) is 139 cm³/mol. The third kappa shape index (κ3) is 7.44. The summed E-state index contributed by atoms with van der Waals surface area (Å²) in [7, 11) is 1.43. The van der Waals surface area contributed by atoms with Gasteiger partial charge in [0.2, 0.25) is 0 Å². The molecule has 3 N–H and O–H groups in total. The van der Waals surface area contributed by atoms with E-state index in [1.54, 1.807) is 18.2 Å². The molecule has 0 aliphatic heterocycles. The van der Waals surface area contributed by atoms with Crippen LogP contribution in [0.1, 0.15) is 19.4 Å². The van der Waals surface area contributed by atoms with E-state index in [1.807, 2.05) is 56.3 Å². The normalized spacial score (nSPS) is 12.6. The molecule has 0 saturated heterocycles. The van der Waals surface area contributed by atoms with E-state index in [2.05, 4.69) is 5.32 Å². The topological polar surface area (TPSA) is 125 Å². The van der Waals surface area contributed by atoms with E-state index in [0.29, 0.717) is 5.75 Å². The number of hydrogen-bond donors (Lipinski definition) is 3. The molecule has 3 rings (SSSR count). The molecule has 9 nitrogen and oxygen atoms in total. The molecular weight excluding hydrogens is 476 g/mol. The molecule has 9 heteroatoms. The van der Waals surface area contributed by atoms with Crippen LogP contribution in [0.5, 0.6) is 11.5 Å². The molecule has 0 radical (unpaired) electrons. The lowest BCUT2D eigenvalue weighted by atomic mass is 9.99. The fraction of sp³-hybridized carbons (Fsp3) is 0.321. The summed E-state index contributed by atoms with van der Waals surface area (Å²) in [5.74, 6) is -1.71. The highest BCUT2D eigenvalue weighted by atomic mass is 16.6. The molecule has 0 fully saturated rings. The van der Waals surface area contributed by atoms with Crippen molar-refractivity contribution < 1.29 is 34.1 Å². The van der Waals surface area contributed by atoms with Crippen LogP contribution in [-0.2, 0) is 16.0 Å². The molecular formula is C28H32N2O7. The largest absolute Gasteiger partial charge is 0.493 e. The van der Waals surface area contributed by atoms with Crippen LogP contribution in [-0.4, -0.2) is 65.4 Å². The van der Waals surface area contributed by atoms with Gasteiger partial charge in [-0.2, -0.15) is 0 Å². The first kappa shape index (κ1) is 27.5. The maximum atomic E-state index is 13.1. The molecule has 0 aliphatic rings. The molecule has 0 aromatic heterocycles. The van der Waals surface area contributed by atoms with Gasteiger partial charge in [-0.05, 0) is 34.4 Å². The minimum absolute atomic E-state index is 0.00969. The number of carboxylic acids is 1. The predicted octanol–water partition coefficient (Wildman–Crippen LogP) is 3.48. The summed E-state index contributed by atoms with van der Waals surface area (Å²) in [5, 5.41) is 24.8. The van der Waals surface area contributed by atoms with E-state index in [0.717, 1.165) is 16.3 Å². The van der Waals surface area contributed by atoms with E-state index >= 15 is 0 Å². The molecule has 1 unspecified atom stereocenters. The number of fused-ring (bicyclic) bond motifs is 1. The van der Waals surface area contributed by atoms with E-state index in [1.165, 1.54) is 18.1 Å². The zero-order chi connectivity index (χ0) is 26.9. The Morgan fingerprint density at radius 3 is 2.24 bits per heavy atom. The quantitative estimate of drug-likeness (QED) is 0.267. The molecule has 0 saturated carbocycles. The van der Waals surface area contributed by atoms with Crippen molar-refractivity contribution in [1.82, 2.24) is 10.2 Å². The van der Waals surface area contributed by atoms with Gasteiger partial charge in [0, 0.05) is 13.0 Å². The van der Waals surface area contributed by atoms with Crippen LogP contribution >= 0.6 is 0 Å². The van der Waals surface area contributed by atoms with Gasteiger partial charge in [-0.15, -0.1) is 0 Å². The van der Waals surface area contributed by atoms with Gasteiger partial charge < -0.3 is 29.9 Å². The summed E-state index contributed by atoms with van der Waals surface area (Å²) in [6.45, 7) is 3.54. The number of rotatable bonds is 11. The number of hydrogen-bond acceptors (Lipinski definition) is 6. The van der Waals surface area contributed by atoms with Crippen LogP contribution < -0.4 is 14.8 Å². The Labute approximate surface area is 215 Å². The third-order valence-corrected chi connectivity index (χ3v) is 5.72. The molecule has 0 bridgehead atoms. The minimum Gasteiger partial charge on any atom is -0.493 e. The Hall–Kier alpha value is -4.11. The van der Waals surface area contributed by atoms with Gasteiger partial charge in [-0.25, -0.2) is 14.4 Å². The van der Waals surface area contributed by atoms with E-state index in [4.69, 9.17) is 9.47 Å². The number of carboxylic acid groups (broad SMARTS) is 1. The highest BCUT2D eigenvalue weighted by Gasteiger charge is 2.29. The molecule has 2 amide bonds. The first-order valence-electron chi connectivity index (χ1n) is 12.0. The van der Waals surface area contributed by atoms with Crippen LogP contribution in [0, 0.1) is 5.92 Å². The maximum Gasteiger partial charge on any atom is 0.342 e. The summed E-state index contributed by atoms with van der Waals surface area (Å²) in [5.41, 5.74) is 0.779. The van der Waals surface area contributed by atoms with Gasteiger partial charge in [0.1, 0.15) is 6.04 Å². The van der Waals surface area contributed by atoms with Crippen LogP contribution in [0.25, 0.3) is 10.8 Å². The SMILES string of the molecule is COc1ccccc1OC(=O)C(O)CN(CC(C)C)C(=O)N[C@@H](Cc1cccc2ccccc12)C(=O)O. The second-order valence-electron chi connectivity index (χ2n) is 9.07. The standard InChI is InChI=1S/C28H32N2O7/c1-18(2)16-30(17-23(31)27(34)37-25-14-7-6-13-24(25)36-3)28(35)29-22(26(32)33)15-20-11-8-10-19-9-4-5-12-21(19)20/h4-14,18,22-23,31H,15-17H2,1-3H3,(H,29,35)(H,32,33)/t22-,23?/m0/s1. The highest BCUT2D eigenvalue weighted by Crippen LogP contribution is 2.26. The van der Waals surface area contributed by atoms with Crippen molar-refractivity contribution in [1.29, 1.82) is 0 Å². The summed E-state index contributed by atoms with van der Waals surface area (Å²) in [6, 6.07) is 17.8. The first-order chi connectivity index (χ1) is 17.7. The van der Waals surface area contributed by atoms with Crippen molar-refractivity contribution in [3.05, 3.63) is 72.3 Å². The van der Waals surface area contributed by atoms with Crippen molar-refractivity contribution in [3.63, 3.8) is 0 Å². The average molecular weight is 509 g/mol. The summed E-state index contributed by atoms with van der Waals surface area (Å²) in [6.07, 6.45) is -1.59. The number of esters is 1. The number of carbonyl (C=O) groups is 3. The van der Waals surface area contributed by atoms with Crippen LogP contribution in [0.4, 0.5) is 4.79 Å². The van der Waals surface area contributed by atoms with E-state index in [9.17, 15) is 24.6 Å². The van der Waals surface area contributed by atoms with Crippen molar-refractivity contribution >= 4 is 28.7 Å². The Kier molecular flexibility index (Phi) is 9.45. The van der Waals surface area contributed by atoms with E-state index < -0.39 is 30.1 Å². The highest BCUT2D eigenvalue weighted by molar-refractivity contribution is 5.88. The van der Waals surface area contributed by atoms with Gasteiger partial charge in [0.15, 0.2) is 17.6 Å². The molecule has 0 aliphatic carbocycles. The summed E-state index contributed by atoms with van der Waals surface area (Å²) in [4.78, 5) is 38.9. The number of nitrogens with zero attached hydrogens (tertiary/aromatic N) is 1. The molecule has 0 heterocycles. The first-order valence-corrected chi connectivity index (χ1v) is 12.0. The zero-order valence-corrected chi connectivity index (χ0v) is 21.1. The minimum atomic E-state index is -1.66. The number of ether oxygens (including phenoxy) is 2. The molecule has 3 aromatic rings. The second kappa shape index (κ2) is 12.7. The molecule has 37 heavy (non-hydrogen) atoms. The second-order valence-corrected chi connectivity index (χ2v) is 9.07. The number of nitrogens with one attached hydrogen (secondary N) is 1. The van der Waals surface area contributed by atoms with Gasteiger partial charge >= 0.3 is 18.0 Å². The van der Waals surface area contributed by atoms with Crippen molar-refractivity contribution in [2.75, 3.05) is 20.2 Å². The van der Waals surface area contributed by atoms with Crippen LogP contribution in [0.2, 0.25) is 0 Å². The summed E-state index contributed by atoms with van der Waals surface area (Å²) >= 11 is 0. The van der Waals surface area contributed by atoms with Crippen molar-refractivity contribution in [3.8, 4) is 11.5 Å². The van der Waals surface area contributed by atoms with E-state index in [-0.39, 0.29) is 31.2 Å². The smallest absolute Gasteiger partial charge is 0.342 e. The number of methoxy groups -OCH3 is 1. The van der Waals surface area contributed by atoms with Gasteiger partial charge in [-0.3, -0.25) is 0 Å². The Morgan fingerprint density at radius 1 is 0.919 bits per heavy atom. The number of para-hydroxylation sites is 2. The Bertz CT molecular complexity index is 1240. The van der Waals surface area contributed by atoms with Crippen LogP contribution in [0.3, 0.4) is 0 Å². The number of carbonyl (C=O) groups excluding carboxylic acids is 2. The summed E-state index contributed by atoms with van der Waals surface area (Å²) < 4.78 is 10.4. The van der Waals surface area contributed by atoms with Crippen molar-refractivity contribution in [2.24, 2.45) is 5.92 Å². The number of aliphatic hydroxyl groups is 1. The van der Waals surface area contributed by atoms with Gasteiger partial charge in [0.05, 0.1) is 13.7 Å². The molecule has 2 atom stereocenters. The van der Waals surface area contributed by atoms with Crippen LogP contribution in [0.15, 0.2) is 66.7 Å². The molecule has 196 valence electrons. The van der Waals surface area contributed by atoms with Gasteiger partial charge in [-0.1, -0.05) is 68.4 Å². The average Bonchev–Trinajstić information content (AvgIpc) is 2.87. The number of amides is 2. The number of aliphatic carboxylic acids is 1. The number of benzene rings is 3. The van der Waals surface area contributed by atoms with Crippen molar-refractivity contribution in [2.45, 2.75) is 32.4 Å². The third-order valence-electron chi connectivity index (χ3n) is 5.72. The Balaban J connectivity index is 1.72. The maximum absolute atomic E-state index is 13.1.